The third kappa shape index (κ3) is 4.25. The van der Waals surface area contributed by atoms with Crippen LogP contribution in [0.1, 0.15) is 0 Å². The van der Waals surface area contributed by atoms with Gasteiger partial charge < -0.3 is 15.8 Å². The molecule has 0 aliphatic rings. The quantitative estimate of drug-likeness (QED) is 0.768. The van der Waals surface area contributed by atoms with Gasteiger partial charge in [0.15, 0.2) is 6.61 Å². The molecule has 0 saturated heterocycles. The summed E-state index contributed by atoms with van der Waals surface area (Å²) in [4.78, 5) is 11.8. The van der Waals surface area contributed by atoms with Crippen LogP contribution in [0.5, 0.6) is 5.75 Å². The maximum atomic E-state index is 11.8. The van der Waals surface area contributed by atoms with Crippen molar-refractivity contribution < 1.29 is 9.53 Å². The molecule has 20 heavy (non-hydrogen) atoms. The summed E-state index contributed by atoms with van der Waals surface area (Å²) < 4.78 is 7.06. The first kappa shape index (κ1) is 14.9. The fourth-order valence-electron chi connectivity index (χ4n) is 1.53. The van der Waals surface area contributed by atoms with Crippen molar-refractivity contribution in [1.29, 1.82) is 0 Å². The van der Waals surface area contributed by atoms with Crippen molar-refractivity contribution in [2.24, 2.45) is 0 Å². The highest BCUT2D eigenvalue weighted by atomic mass is 79.9. The molecule has 0 fully saturated rings. The number of rotatable bonds is 4. The topological polar surface area (TPSA) is 64.3 Å². The zero-order valence-electron chi connectivity index (χ0n) is 10.4. The summed E-state index contributed by atoms with van der Waals surface area (Å²) in [6.45, 7) is -0.0809. The molecule has 0 heterocycles. The number of amides is 1. The van der Waals surface area contributed by atoms with Gasteiger partial charge in [-0.2, -0.15) is 0 Å². The Morgan fingerprint density at radius 1 is 1.20 bits per heavy atom. The van der Waals surface area contributed by atoms with Gasteiger partial charge in [-0.3, -0.25) is 4.79 Å². The van der Waals surface area contributed by atoms with Crippen LogP contribution in [0.4, 0.5) is 11.4 Å². The molecule has 0 atom stereocenters. The zero-order valence-corrected chi connectivity index (χ0v) is 13.6. The fraction of sp³-hybridized carbons (Fsp3) is 0.0714. The molecule has 0 spiro atoms. The Morgan fingerprint density at radius 3 is 2.75 bits per heavy atom. The number of ether oxygens (including phenoxy) is 1. The molecule has 2 aromatic carbocycles. The van der Waals surface area contributed by atoms with E-state index in [2.05, 4.69) is 37.2 Å². The molecule has 0 radical (unpaired) electrons. The number of anilines is 2. The standard InChI is InChI=1S/C14H12Br2N2O2/c15-9-4-5-12(16)13(6-9)18-14(19)8-20-11-3-1-2-10(17)7-11/h1-7H,8,17H2,(H,18,19). The minimum absolute atomic E-state index is 0.0809. The number of benzene rings is 2. The van der Waals surface area contributed by atoms with Gasteiger partial charge in [0.05, 0.1) is 5.69 Å². The van der Waals surface area contributed by atoms with Gasteiger partial charge in [-0.05, 0) is 46.3 Å². The van der Waals surface area contributed by atoms with Crippen LogP contribution in [0.25, 0.3) is 0 Å². The Labute approximate surface area is 133 Å². The van der Waals surface area contributed by atoms with Gasteiger partial charge >= 0.3 is 0 Å². The first-order valence-corrected chi connectivity index (χ1v) is 7.36. The van der Waals surface area contributed by atoms with Crippen molar-refractivity contribution in [3.63, 3.8) is 0 Å². The minimum atomic E-state index is -0.244. The number of nitrogens with two attached hydrogens (primary N) is 1. The molecule has 0 bridgehead atoms. The summed E-state index contributed by atoms with van der Waals surface area (Å²) in [7, 11) is 0. The van der Waals surface area contributed by atoms with Crippen LogP contribution in [0, 0.1) is 0 Å². The molecule has 3 N–H and O–H groups in total. The van der Waals surface area contributed by atoms with Crippen molar-refractivity contribution in [2.45, 2.75) is 0 Å². The Kier molecular flexibility index (Phi) is 5.03. The Hall–Kier alpha value is -1.53. The predicted octanol–water partition coefficient (Wildman–Crippen LogP) is 3.81. The van der Waals surface area contributed by atoms with Crippen molar-refractivity contribution in [1.82, 2.24) is 0 Å². The number of nitrogens with one attached hydrogen (secondary N) is 1. The van der Waals surface area contributed by atoms with E-state index in [1.165, 1.54) is 0 Å². The van der Waals surface area contributed by atoms with E-state index in [-0.39, 0.29) is 12.5 Å². The van der Waals surface area contributed by atoms with Gasteiger partial charge in [0.25, 0.3) is 5.91 Å². The summed E-state index contributed by atoms with van der Waals surface area (Å²) in [5.74, 6) is 0.319. The molecular formula is C14H12Br2N2O2. The van der Waals surface area contributed by atoms with Crippen molar-refractivity contribution >= 4 is 49.1 Å². The lowest BCUT2D eigenvalue weighted by molar-refractivity contribution is -0.118. The number of halogens is 2. The summed E-state index contributed by atoms with van der Waals surface area (Å²) >= 11 is 6.72. The van der Waals surface area contributed by atoms with Crippen LogP contribution in [-0.2, 0) is 4.79 Å². The summed E-state index contributed by atoms with van der Waals surface area (Å²) in [6, 6.07) is 12.5. The van der Waals surface area contributed by atoms with Crippen LogP contribution >= 0.6 is 31.9 Å². The number of nitrogen functional groups attached to an aromatic ring is 1. The largest absolute Gasteiger partial charge is 0.484 e. The molecule has 4 nitrogen and oxygen atoms in total. The molecule has 0 aliphatic heterocycles. The Balaban J connectivity index is 1.94. The van der Waals surface area contributed by atoms with Crippen LogP contribution in [0.15, 0.2) is 51.4 Å². The molecule has 0 saturated carbocycles. The highest BCUT2D eigenvalue weighted by Gasteiger charge is 2.07. The van der Waals surface area contributed by atoms with Crippen molar-refractivity contribution in [2.75, 3.05) is 17.7 Å². The SMILES string of the molecule is Nc1cccc(OCC(=O)Nc2cc(Br)ccc2Br)c1. The maximum absolute atomic E-state index is 11.8. The molecular weight excluding hydrogens is 388 g/mol. The summed E-state index contributed by atoms with van der Waals surface area (Å²) in [5, 5.41) is 2.76. The monoisotopic (exact) mass is 398 g/mol. The maximum Gasteiger partial charge on any atom is 0.262 e. The highest BCUT2D eigenvalue weighted by Crippen LogP contribution is 2.26. The van der Waals surface area contributed by atoms with E-state index in [0.717, 1.165) is 8.95 Å². The van der Waals surface area contributed by atoms with Crippen molar-refractivity contribution in [3.05, 3.63) is 51.4 Å². The lowest BCUT2D eigenvalue weighted by Gasteiger charge is -2.09. The molecule has 0 aromatic heterocycles. The van der Waals surface area contributed by atoms with E-state index < -0.39 is 0 Å². The number of carbonyl (C=O) groups excluding carboxylic acids is 1. The van der Waals surface area contributed by atoms with E-state index in [1.807, 2.05) is 18.2 Å². The van der Waals surface area contributed by atoms with Crippen LogP contribution in [0.3, 0.4) is 0 Å². The molecule has 0 aliphatic carbocycles. The van der Waals surface area contributed by atoms with Gasteiger partial charge in [-0.25, -0.2) is 0 Å². The molecule has 6 heteroatoms. The Morgan fingerprint density at radius 2 is 2.00 bits per heavy atom. The highest BCUT2D eigenvalue weighted by molar-refractivity contribution is 9.11. The van der Waals surface area contributed by atoms with E-state index >= 15 is 0 Å². The molecule has 2 rings (SSSR count). The molecule has 1 amide bonds. The molecule has 0 unspecified atom stereocenters. The van der Waals surface area contributed by atoms with Gasteiger partial charge in [-0.1, -0.05) is 22.0 Å². The van der Waals surface area contributed by atoms with Crippen molar-refractivity contribution in [3.8, 4) is 5.75 Å². The van der Waals surface area contributed by atoms with Crippen LogP contribution in [-0.4, -0.2) is 12.5 Å². The smallest absolute Gasteiger partial charge is 0.262 e. The second-order valence-electron chi connectivity index (χ2n) is 4.03. The number of carbonyl (C=O) groups is 1. The van der Waals surface area contributed by atoms with E-state index in [4.69, 9.17) is 10.5 Å². The van der Waals surface area contributed by atoms with E-state index in [9.17, 15) is 4.79 Å². The fourth-order valence-corrected chi connectivity index (χ4v) is 2.24. The normalized spacial score (nSPS) is 10.1. The Bertz CT molecular complexity index is 632. The molecule has 104 valence electrons. The second-order valence-corrected chi connectivity index (χ2v) is 5.80. The molecule has 2 aromatic rings. The first-order valence-electron chi connectivity index (χ1n) is 5.78. The third-order valence-corrected chi connectivity index (χ3v) is 3.62. The van der Waals surface area contributed by atoms with E-state index in [1.54, 1.807) is 24.3 Å². The summed E-state index contributed by atoms with van der Waals surface area (Å²) in [5.41, 5.74) is 6.91. The second kappa shape index (κ2) is 6.76. The minimum Gasteiger partial charge on any atom is -0.484 e. The van der Waals surface area contributed by atoms with Crippen LogP contribution in [0.2, 0.25) is 0 Å². The third-order valence-electron chi connectivity index (χ3n) is 2.43. The summed E-state index contributed by atoms with van der Waals surface area (Å²) in [6.07, 6.45) is 0. The van der Waals surface area contributed by atoms with Gasteiger partial charge in [0, 0.05) is 20.7 Å². The number of hydrogen-bond donors (Lipinski definition) is 2. The first-order chi connectivity index (χ1) is 9.54. The van der Waals surface area contributed by atoms with E-state index in [0.29, 0.717) is 17.1 Å². The number of hydrogen-bond acceptors (Lipinski definition) is 3. The lowest BCUT2D eigenvalue weighted by Crippen LogP contribution is -2.20. The predicted molar refractivity (Wildman–Crippen MR) is 86.8 cm³/mol. The zero-order chi connectivity index (χ0) is 14.5. The average Bonchev–Trinajstić information content (AvgIpc) is 2.41. The van der Waals surface area contributed by atoms with Gasteiger partial charge in [0.1, 0.15) is 5.75 Å². The van der Waals surface area contributed by atoms with Gasteiger partial charge in [0.2, 0.25) is 0 Å². The average molecular weight is 400 g/mol. The van der Waals surface area contributed by atoms with Gasteiger partial charge in [-0.15, -0.1) is 0 Å². The van der Waals surface area contributed by atoms with Crippen LogP contribution < -0.4 is 15.8 Å². The lowest BCUT2D eigenvalue weighted by atomic mass is 10.3.